The molecule has 0 aliphatic rings. The lowest BCUT2D eigenvalue weighted by atomic mass is 10.1. The van der Waals surface area contributed by atoms with Crippen LogP contribution < -0.4 is 5.32 Å². The molecule has 0 bridgehead atoms. The smallest absolute Gasteiger partial charge is 0.252 e. The van der Waals surface area contributed by atoms with Gasteiger partial charge in [-0.25, -0.2) is 0 Å². The molecule has 1 atom stereocenters. The molecule has 3 rings (SSSR count). The van der Waals surface area contributed by atoms with Crippen LogP contribution in [0.3, 0.4) is 0 Å². The summed E-state index contributed by atoms with van der Waals surface area (Å²) >= 11 is 5.29. The van der Waals surface area contributed by atoms with Gasteiger partial charge in [0.2, 0.25) is 0 Å². The van der Waals surface area contributed by atoms with E-state index >= 15 is 0 Å². The molecule has 0 aliphatic heterocycles. The molecule has 0 aliphatic carbocycles. The molecule has 132 valence electrons. The average molecular weight is 426 g/mol. The van der Waals surface area contributed by atoms with Crippen molar-refractivity contribution in [2.24, 2.45) is 0 Å². The third-order valence-corrected chi connectivity index (χ3v) is 6.06. The Balaban J connectivity index is 1.68. The number of carbonyl (C=O) groups excluding carboxylic acids is 1. The first kappa shape index (κ1) is 18.7. The van der Waals surface area contributed by atoms with E-state index in [2.05, 4.69) is 57.6 Å². The first-order valence-corrected chi connectivity index (χ1v) is 10.3. The molecular weight excluding hydrogens is 406 g/mol. The number of thioether (sulfide) groups is 1. The zero-order valence-electron chi connectivity index (χ0n) is 14.3. The Kier molecular flexibility index (Phi) is 6.92. The Morgan fingerprint density at radius 1 is 0.885 bits per heavy atom. The molecular formula is C22H20BrNOS. The lowest BCUT2D eigenvalue weighted by Crippen LogP contribution is -2.27. The molecule has 0 saturated heterocycles. The molecule has 0 aromatic heterocycles. The van der Waals surface area contributed by atoms with Crippen LogP contribution in [0, 0.1) is 0 Å². The van der Waals surface area contributed by atoms with Crippen LogP contribution >= 0.6 is 27.7 Å². The van der Waals surface area contributed by atoms with Gasteiger partial charge >= 0.3 is 0 Å². The molecule has 26 heavy (non-hydrogen) atoms. The molecule has 1 N–H and O–H groups in total. The zero-order chi connectivity index (χ0) is 18.2. The fourth-order valence-electron chi connectivity index (χ4n) is 2.64. The maximum absolute atomic E-state index is 12.5. The predicted molar refractivity (Wildman–Crippen MR) is 113 cm³/mol. The van der Waals surface area contributed by atoms with Crippen LogP contribution in [0.5, 0.6) is 0 Å². The largest absolute Gasteiger partial charge is 0.351 e. The van der Waals surface area contributed by atoms with E-state index in [-0.39, 0.29) is 11.2 Å². The SMILES string of the molecule is O=C(NC[C@@H](SCc1ccccc1)c1ccccc1)c1ccccc1Br. The van der Waals surface area contributed by atoms with Crippen molar-refractivity contribution in [2.45, 2.75) is 11.0 Å². The predicted octanol–water partition coefficient (Wildman–Crippen LogP) is 5.85. The summed E-state index contributed by atoms with van der Waals surface area (Å²) in [7, 11) is 0. The minimum Gasteiger partial charge on any atom is -0.351 e. The minimum absolute atomic E-state index is 0.0567. The van der Waals surface area contributed by atoms with Gasteiger partial charge in [-0.3, -0.25) is 4.79 Å². The van der Waals surface area contributed by atoms with Gasteiger partial charge in [0, 0.05) is 22.0 Å². The number of nitrogens with one attached hydrogen (secondary N) is 1. The standard InChI is InChI=1S/C22H20BrNOS/c23-20-14-8-7-13-19(20)22(25)24-15-21(18-11-5-2-6-12-18)26-16-17-9-3-1-4-10-17/h1-14,21H,15-16H2,(H,24,25)/t21-/m1/s1. The molecule has 0 radical (unpaired) electrons. The molecule has 2 nitrogen and oxygen atoms in total. The normalized spacial score (nSPS) is 11.7. The van der Waals surface area contributed by atoms with Crippen molar-refractivity contribution in [3.8, 4) is 0 Å². The van der Waals surface area contributed by atoms with Crippen molar-refractivity contribution in [3.63, 3.8) is 0 Å². The van der Waals surface area contributed by atoms with Gasteiger partial charge in [-0.15, -0.1) is 11.8 Å². The van der Waals surface area contributed by atoms with Crippen molar-refractivity contribution in [1.82, 2.24) is 5.32 Å². The molecule has 0 unspecified atom stereocenters. The van der Waals surface area contributed by atoms with Crippen molar-refractivity contribution >= 4 is 33.6 Å². The van der Waals surface area contributed by atoms with Crippen molar-refractivity contribution in [1.29, 1.82) is 0 Å². The molecule has 1 amide bonds. The third-order valence-electron chi connectivity index (χ3n) is 4.03. The van der Waals surface area contributed by atoms with Crippen LogP contribution in [-0.4, -0.2) is 12.5 Å². The van der Waals surface area contributed by atoms with Crippen LogP contribution in [0.25, 0.3) is 0 Å². The molecule has 3 aromatic rings. The summed E-state index contributed by atoms with van der Waals surface area (Å²) in [6.45, 7) is 0.585. The van der Waals surface area contributed by atoms with Gasteiger partial charge in [0.1, 0.15) is 0 Å². The van der Waals surface area contributed by atoms with E-state index in [9.17, 15) is 4.79 Å². The second-order valence-electron chi connectivity index (χ2n) is 5.89. The Bertz CT molecular complexity index is 839. The Hall–Kier alpha value is -2.04. The van der Waals surface area contributed by atoms with Gasteiger partial charge in [-0.2, -0.15) is 0 Å². The van der Waals surface area contributed by atoms with Crippen LogP contribution in [-0.2, 0) is 5.75 Å². The zero-order valence-corrected chi connectivity index (χ0v) is 16.7. The topological polar surface area (TPSA) is 29.1 Å². The van der Waals surface area contributed by atoms with Crippen molar-refractivity contribution in [3.05, 3.63) is 106 Å². The summed E-state index contributed by atoms with van der Waals surface area (Å²) in [5.41, 5.74) is 3.17. The summed E-state index contributed by atoms with van der Waals surface area (Å²) in [4.78, 5) is 12.5. The molecule has 0 fully saturated rings. The number of amides is 1. The number of hydrogen-bond acceptors (Lipinski definition) is 2. The highest BCUT2D eigenvalue weighted by molar-refractivity contribution is 9.10. The lowest BCUT2D eigenvalue weighted by Gasteiger charge is -2.18. The van der Waals surface area contributed by atoms with E-state index in [1.807, 2.05) is 60.3 Å². The second-order valence-corrected chi connectivity index (χ2v) is 7.93. The Labute approximate surface area is 167 Å². The van der Waals surface area contributed by atoms with E-state index in [0.717, 1.165) is 10.2 Å². The average Bonchev–Trinajstić information content (AvgIpc) is 2.69. The van der Waals surface area contributed by atoms with Crippen LogP contribution in [0.1, 0.15) is 26.7 Å². The lowest BCUT2D eigenvalue weighted by molar-refractivity contribution is 0.0953. The Morgan fingerprint density at radius 3 is 2.19 bits per heavy atom. The maximum atomic E-state index is 12.5. The highest BCUT2D eigenvalue weighted by Gasteiger charge is 2.15. The number of hydrogen-bond donors (Lipinski definition) is 1. The summed E-state index contributed by atoms with van der Waals surface area (Å²) in [5, 5.41) is 3.28. The maximum Gasteiger partial charge on any atom is 0.252 e. The van der Waals surface area contributed by atoms with E-state index in [0.29, 0.717) is 12.1 Å². The summed E-state index contributed by atoms with van der Waals surface area (Å²) in [6, 6.07) is 28.2. The van der Waals surface area contributed by atoms with E-state index in [4.69, 9.17) is 0 Å². The van der Waals surface area contributed by atoms with E-state index < -0.39 is 0 Å². The van der Waals surface area contributed by atoms with Gasteiger partial charge in [-0.05, 0) is 39.2 Å². The molecule has 0 heterocycles. The highest BCUT2D eigenvalue weighted by Crippen LogP contribution is 2.31. The summed E-state index contributed by atoms with van der Waals surface area (Å²) in [6.07, 6.45) is 0. The number of halogens is 1. The van der Waals surface area contributed by atoms with Crippen LogP contribution in [0.4, 0.5) is 0 Å². The fourth-order valence-corrected chi connectivity index (χ4v) is 4.24. The summed E-state index contributed by atoms with van der Waals surface area (Å²) < 4.78 is 0.811. The quantitative estimate of drug-likeness (QED) is 0.513. The van der Waals surface area contributed by atoms with Crippen molar-refractivity contribution < 1.29 is 4.79 Å². The fraction of sp³-hybridized carbons (Fsp3) is 0.136. The van der Waals surface area contributed by atoms with Gasteiger partial charge < -0.3 is 5.32 Å². The minimum atomic E-state index is -0.0567. The van der Waals surface area contributed by atoms with Gasteiger partial charge in [0.25, 0.3) is 5.91 Å². The number of rotatable bonds is 7. The summed E-state index contributed by atoms with van der Waals surface area (Å²) in [5.74, 6) is 0.851. The van der Waals surface area contributed by atoms with Gasteiger partial charge in [-0.1, -0.05) is 72.8 Å². The van der Waals surface area contributed by atoms with Gasteiger partial charge in [0.15, 0.2) is 0 Å². The van der Waals surface area contributed by atoms with Crippen molar-refractivity contribution in [2.75, 3.05) is 6.54 Å². The molecule has 0 saturated carbocycles. The highest BCUT2D eigenvalue weighted by atomic mass is 79.9. The van der Waals surface area contributed by atoms with E-state index in [1.165, 1.54) is 11.1 Å². The monoisotopic (exact) mass is 425 g/mol. The molecule has 4 heteroatoms. The number of benzene rings is 3. The first-order chi connectivity index (χ1) is 12.7. The van der Waals surface area contributed by atoms with E-state index in [1.54, 1.807) is 0 Å². The molecule has 3 aromatic carbocycles. The van der Waals surface area contributed by atoms with Gasteiger partial charge in [0.05, 0.1) is 5.56 Å². The molecule has 0 spiro atoms. The first-order valence-electron chi connectivity index (χ1n) is 8.47. The van der Waals surface area contributed by atoms with Crippen LogP contribution in [0.2, 0.25) is 0 Å². The number of carbonyl (C=O) groups is 1. The van der Waals surface area contributed by atoms with Crippen LogP contribution in [0.15, 0.2) is 89.4 Å². The second kappa shape index (κ2) is 9.60. The Morgan fingerprint density at radius 2 is 1.50 bits per heavy atom. The third kappa shape index (κ3) is 5.23.